The first-order chi connectivity index (χ1) is 1.73. The van der Waals surface area contributed by atoms with E-state index >= 15 is 0 Å². The molecule has 10 heavy (non-hydrogen) atoms. The fraction of sp³-hybridized carbons (Fsp3) is 0.500. The Labute approximate surface area is 191 Å². The average Bonchev–Trinajstić information content (AvgIpc) is 0.811. The van der Waals surface area contributed by atoms with E-state index in [2.05, 4.69) is 0 Å². The van der Waals surface area contributed by atoms with E-state index in [1.54, 1.807) is 0 Å². The van der Waals surface area contributed by atoms with Crippen molar-refractivity contribution in [3.63, 3.8) is 0 Å². The van der Waals surface area contributed by atoms with Gasteiger partial charge in [-0.05, 0) is 0 Å². The Balaban J connectivity index is -0.00000000300. The number of carboxylic acid groups (broad SMARTS) is 1. The second-order valence-corrected chi connectivity index (χ2v) is 0.519. The number of carboxylic acids is 1. The summed E-state index contributed by atoms with van der Waals surface area (Å²) < 4.78 is 0. The van der Waals surface area contributed by atoms with E-state index in [9.17, 15) is 0 Å². The van der Waals surface area contributed by atoms with Gasteiger partial charge in [-0.3, -0.25) is 4.79 Å². The van der Waals surface area contributed by atoms with Crippen molar-refractivity contribution in [1.29, 1.82) is 0 Å². The quantitative estimate of drug-likeness (QED) is 0.195. The zero-order chi connectivity index (χ0) is 3.58. The minimum atomic E-state index is -0.833. The third-order valence-electron chi connectivity index (χ3n) is 0. The summed E-state index contributed by atoms with van der Waals surface area (Å²) in [5.41, 5.74) is 0. The van der Waals surface area contributed by atoms with E-state index in [0.717, 1.165) is 6.92 Å². The van der Waals surface area contributed by atoms with Crippen LogP contribution >= 0.6 is 0 Å². The molecule has 0 spiro atoms. The van der Waals surface area contributed by atoms with Crippen molar-refractivity contribution in [1.82, 2.24) is 0 Å². The summed E-state index contributed by atoms with van der Waals surface area (Å²) in [5, 5.41) is 7.42. The predicted octanol–water partition coefficient (Wildman–Crippen LogP) is -15.3. The summed E-state index contributed by atoms with van der Waals surface area (Å²) in [6.07, 6.45) is 0. The Hall–Kier alpha value is 4.91. The second-order valence-electron chi connectivity index (χ2n) is 0.519. The first-order valence-corrected chi connectivity index (χ1v) is 0.928. The summed E-state index contributed by atoms with van der Waals surface area (Å²) in [6.45, 7) is 1.08. The Morgan fingerprint density at radius 3 is 1.10 bits per heavy atom. The fourth-order valence-electron chi connectivity index (χ4n) is 0. The molecule has 1 N–H and O–H groups in total. The third-order valence-corrected chi connectivity index (χ3v) is 0. The van der Waals surface area contributed by atoms with Gasteiger partial charge in [0, 0.05) is 6.92 Å². The van der Waals surface area contributed by atoms with Gasteiger partial charge in [-0.2, -0.15) is 0 Å². The number of rotatable bonds is 0. The number of halogens is 4. The molecule has 0 atom stereocenters. The molecular weight excluding hydrogens is 812 g/mol. The van der Waals surface area contributed by atoms with Crippen molar-refractivity contribution < 1.29 is 157 Å². The van der Waals surface area contributed by atoms with Crippen molar-refractivity contribution >= 4 is 32.2 Å². The molecule has 0 aromatic heterocycles. The van der Waals surface area contributed by atoms with Crippen LogP contribution in [0.3, 0.4) is 0 Å². The van der Waals surface area contributed by atoms with Crippen LogP contribution in [0.4, 0.5) is 0 Å². The van der Waals surface area contributed by atoms with E-state index in [1.165, 1.54) is 0 Å². The average molecular weight is 816 g/mol. The van der Waals surface area contributed by atoms with E-state index in [4.69, 9.17) is 9.90 Å². The van der Waals surface area contributed by atoms with Gasteiger partial charge in [-0.1, -0.05) is 0 Å². The molecule has 0 aliphatic heterocycles. The Morgan fingerprint density at radius 2 is 1.10 bits per heavy atom. The zero-order valence-electron chi connectivity index (χ0n) is 5.31. The first-order valence-electron chi connectivity index (χ1n) is 0.928. The maximum atomic E-state index is 9.00. The van der Waals surface area contributed by atoms with Gasteiger partial charge in [0.2, 0.25) is 0 Å². The summed E-state index contributed by atoms with van der Waals surface area (Å²) in [4.78, 5) is 9.00. The fourth-order valence-corrected chi connectivity index (χ4v) is 0. The van der Waals surface area contributed by atoms with Gasteiger partial charge in [0.15, 0.2) is 0 Å². The van der Waals surface area contributed by atoms with Crippen LogP contribution in [0.15, 0.2) is 0 Å². The molecule has 0 unspecified atom stereocenters. The maximum Gasteiger partial charge on any atom is 3.00 e. The molecule has 0 aliphatic rings. The molecule has 0 saturated heterocycles. The standard InChI is InChI=1S/C2H4O2.Bi.4HI.K/c1-2(3)4;;;;;;/h1H3,(H,3,4);;4*1H;/q;+3;;;;;+1/p-4. The second kappa shape index (κ2) is 37.1. The Morgan fingerprint density at radius 1 is 1.10 bits per heavy atom. The van der Waals surface area contributed by atoms with Crippen LogP contribution in [0.25, 0.3) is 0 Å². The van der Waals surface area contributed by atoms with Gasteiger partial charge < -0.3 is 101 Å². The summed E-state index contributed by atoms with van der Waals surface area (Å²) in [7, 11) is 0. The van der Waals surface area contributed by atoms with E-state index in [1.807, 2.05) is 0 Å². The van der Waals surface area contributed by atoms with Crippen LogP contribution in [-0.2, 0) is 4.79 Å². The van der Waals surface area contributed by atoms with Crippen LogP contribution < -0.4 is 147 Å². The summed E-state index contributed by atoms with van der Waals surface area (Å²) >= 11 is 0. The number of carbonyl (C=O) groups is 1. The molecule has 8 heteroatoms. The smallest absolute Gasteiger partial charge is 1.00 e. The first kappa shape index (κ1) is 46.1. The molecule has 0 rings (SSSR count). The SMILES string of the molecule is CC(=O)O.[Bi+3].[I-].[I-].[I-].[I-].[K+]. The minimum Gasteiger partial charge on any atom is -1.00 e. The molecular formula is C2H4BiI4KO2. The van der Waals surface area contributed by atoms with Crippen LogP contribution in [0, 0.1) is 0 Å². The normalized spacial score (nSPS) is 2.50. The monoisotopic (exact) mass is 816 g/mol. The van der Waals surface area contributed by atoms with Crippen molar-refractivity contribution in [2.75, 3.05) is 0 Å². The number of aliphatic carboxylic acids is 1. The largest absolute Gasteiger partial charge is 3.00 e. The van der Waals surface area contributed by atoms with Crippen LogP contribution in [0.1, 0.15) is 6.92 Å². The third kappa shape index (κ3) is 76.0. The van der Waals surface area contributed by atoms with Crippen molar-refractivity contribution in [3.8, 4) is 0 Å². The zero-order valence-corrected chi connectivity index (χ0v) is 20.5. The molecule has 2 nitrogen and oxygen atoms in total. The topological polar surface area (TPSA) is 37.3 Å². The van der Waals surface area contributed by atoms with Gasteiger partial charge in [0.05, 0.1) is 0 Å². The Kier molecular flexibility index (Phi) is 171. The predicted molar refractivity (Wildman–Crippen MR) is 19.1 cm³/mol. The number of hydrogen-bond donors (Lipinski definition) is 1. The van der Waals surface area contributed by atoms with Gasteiger partial charge >= 0.3 is 77.6 Å². The van der Waals surface area contributed by atoms with Crippen LogP contribution in [0.2, 0.25) is 0 Å². The minimum absolute atomic E-state index is 0. The van der Waals surface area contributed by atoms with Crippen molar-refractivity contribution in [3.05, 3.63) is 0 Å². The summed E-state index contributed by atoms with van der Waals surface area (Å²) in [6, 6.07) is 0. The molecule has 0 fully saturated rings. The van der Waals surface area contributed by atoms with Gasteiger partial charge in [0.1, 0.15) is 0 Å². The van der Waals surface area contributed by atoms with Crippen molar-refractivity contribution in [2.24, 2.45) is 0 Å². The molecule has 0 amide bonds. The van der Waals surface area contributed by atoms with E-state index in [0.29, 0.717) is 0 Å². The molecule has 0 aliphatic carbocycles. The van der Waals surface area contributed by atoms with Gasteiger partial charge in [0.25, 0.3) is 5.97 Å². The molecule has 0 saturated carbocycles. The summed E-state index contributed by atoms with van der Waals surface area (Å²) in [5.74, 6) is -0.833. The Bertz CT molecular complexity index is 44.2. The molecule has 0 aromatic rings. The van der Waals surface area contributed by atoms with Gasteiger partial charge in [-0.15, -0.1) is 0 Å². The van der Waals surface area contributed by atoms with E-state index < -0.39 is 5.97 Å². The molecule has 0 heterocycles. The van der Waals surface area contributed by atoms with E-state index in [-0.39, 0.29) is 173 Å². The molecule has 2 radical (unpaired) electrons. The van der Waals surface area contributed by atoms with Crippen LogP contribution in [-0.4, -0.2) is 37.3 Å². The molecule has 0 aromatic carbocycles. The van der Waals surface area contributed by atoms with Crippen molar-refractivity contribution in [2.45, 2.75) is 6.92 Å². The molecule has 58 valence electrons. The van der Waals surface area contributed by atoms with Crippen LogP contribution in [0.5, 0.6) is 0 Å². The number of hydrogen-bond acceptors (Lipinski definition) is 1. The maximum absolute atomic E-state index is 9.00. The van der Waals surface area contributed by atoms with Gasteiger partial charge in [-0.25, -0.2) is 0 Å². The molecule has 0 bridgehead atoms.